The van der Waals surface area contributed by atoms with Gasteiger partial charge in [-0.2, -0.15) is 0 Å². The molecule has 0 aliphatic carbocycles. The number of allylic oxidation sites excluding steroid dienone is 1. The Morgan fingerprint density at radius 1 is 0.958 bits per heavy atom. The monoisotopic (exact) mass is 330 g/mol. The van der Waals surface area contributed by atoms with E-state index in [-0.39, 0.29) is 10.8 Å². The van der Waals surface area contributed by atoms with E-state index < -0.39 is 0 Å². The number of hydrogen-bond donors (Lipinski definition) is 0. The summed E-state index contributed by atoms with van der Waals surface area (Å²) in [5.74, 6) is 1.07. The van der Waals surface area contributed by atoms with Crippen molar-refractivity contribution in [2.45, 2.75) is 90.9 Å². The molecule has 0 atom stereocenters. The van der Waals surface area contributed by atoms with Crippen molar-refractivity contribution >= 4 is 0 Å². The van der Waals surface area contributed by atoms with E-state index in [2.05, 4.69) is 66.3 Å². The molecule has 0 radical (unpaired) electrons. The van der Waals surface area contributed by atoms with Gasteiger partial charge in [0.25, 0.3) is 0 Å². The van der Waals surface area contributed by atoms with Crippen LogP contribution in [0.1, 0.15) is 91.2 Å². The Morgan fingerprint density at radius 2 is 1.62 bits per heavy atom. The maximum Gasteiger partial charge on any atom is 0.123 e. The van der Waals surface area contributed by atoms with Crippen LogP contribution in [0.15, 0.2) is 30.9 Å². The molecule has 0 heterocycles. The molecule has 1 aromatic carbocycles. The first-order valence-electron chi connectivity index (χ1n) is 9.67. The van der Waals surface area contributed by atoms with Crippen LogP contribution in [0.5, 0.6) is 5.75 Å². The summed E-state index contributed by atoms with van der Waals surface area (Å²) in [7, 11) is 0. The zero-order valence-corrected chi connectivity index (χ0v) is 16.9. The molecule has 0 aliphatic heterocycles. The Balaban J connectivity index is 2.92. The van der Waals surface area contributed by atoms with Crippen LogP contribution in [0, 0.1) is 0 Å². The molecule has 0 fully saturated rings. The maximum absolute atomic E-state index is 6.18. The fourth-order valence-electron chi connectivity index (χ4n) is 2.75. The zero-order valence-electron chi connectivity index (χ0n) is 16.9. The molecule has 0 saturated heterocycles. The van der Waals surface area contributed by atoms with Crippen molar-refractivity contribution in [3.63, 3.8) is 0 Å². The molecular formula is C23H38O. The van der Waals surface area contributed by atoms with Crippen molar-refractivity contribution in [3.8, 4) is 5.75 Å². The van der Waals surface area contributed by atoms with E-state index in [0.717, 1.165) is 38.0 Å². The fourth-order valence-corrected chi connectivity index (χ4v) is 2.75. The van der Waals surface area contributed by atoms with E-state index >= 15 is 0 Å². The van der Waals surface area contributed by atoms with E-state index in [1.165, 1.54) is 24.0 Å². The number of unbranched alkanes of at least 4 members (excludes halogenated alkanes) is 3. The lowest BCUT2D eigenvalue weighted by Crippen LogP contribution is -2.21. The van der Waals surface area contributed by atoms with Crippen LogP contribution in [0.3, 0.4) is 0 Å². The molecule has 0 aliphatic rings. The predicted octanol–water partition coefficient (Wildman–Crippen LogP) is 7.19. The van der Waals surface area contributed by atoms with Gasteiger partial charge in [0, 0.05) is 5.56 Å². The standard InChI is InChI=1S/C23H38O/c1-8-11-12-13-14-17-24-21-16-15-19(22(4,5)9-2)18-20(21)23(6,7)10-3/h8,15-16,18H,1,9-14,17H2,2-7H3. The van der Waals surface area contributed by atoms with Crippen LogP contribution >= 0.6 is 0 Å². The molecular weight excluding hydrogens is 292 g/mol. The van der Waals surface area contributed by atoms with Crippen LogP contribution < -0.4 is 4.74 Å². The summed E-state index contributed by atoms with van der Waals surface area (Å²) in [5, 5.41) is 0. The predicted molar refractivity (Wildman–Crippen MR) is 107 cm³/mol. The highest BCUT2D eigenvalue weighted by atomic mass is 16.5. The summed E-state index contributed by atoms with van der Waals surface area (Å²) in [4.78, 5) is 0. The number of hydrogen-bond acceptors (Lipinski definition) is 1. The first-order valence-corrected chi connectivity index (χ1v) is 9.67. The van der Waals surface area contributed by atoms with Gasteiger partial charge < -0.3 is 4.74 Å². The van der Waals surface area contributed by atoms with Gasteiger partial charge in [0.1, 0.15) is 5.75 Å². The quantitative estimate of drug-likeness (QED) is 0.308. The minimum absolute atomic E-state index is 0.137. The largest absolute Gasteiger partial charge is 0.493 e. The van der Waals surface area contributed by atoms with Gasteiger partial charge in [-0.25, -0.2) is 0 Å². The van der Waals surface area contributed by atoms with E-state index in [1.54, 1.807) is 0 Å². The molecule has 1 rings (SSSR count). The van der Waals surface area contributed by atoms with Crippen molar-refractivity contribution in [3.05, 3.63) is 42.0 Å². The van der Waals surface area contributed by atoms with Crippen molar-refractivity contribution in [2.24, 2.45) is 0 Å². The number of rotatable bonds is 11. The Morgan fingerprint density at radius 3 is 2.21 bits per heavy atom. The average molecular weight is 331 g/mol. The summed E-state index contributed by atoms with van der Waals surface area (Å²) in [5.41, 5.74) is 3.12. The topological polar surface area (TPSA) is 9.23 Å². The molecule has 1 nitrogen and oxygen atoms in total. The number of ether oxygens (including phenoxy) is 1. The highest BCUT2D eigenvalue weighted by molar-refractivity contribution is 5.44. The first-order chi connectivity index (χ1) is 11.3. The summed E-state index contributed by atoms with van der Waals surface area (Å²) < 4.78 is 6.18. The van der Waals surface area contributed by atoms with Gasteiger partial charge in [-0.1, -0.05) is 59.8 Å². The molecule has 0 unspecified atom stereocenters. The highest BCUT2D eigenvalue weighted by Gasteiger charge is 2.26. The first kappa shape index (κ1) is 20.8. The third kappa shape index (κ3) is 5.69. The van der Waals surface area contributed by atoms with Gasteiger partial charge in [-0.3, -0.25) is 0 Å². The van der Waals surface area contributed by atoms with Crippen molar-refractivity contribution < 1.29 is 4.74 Å². The molecule has 0 N–H and O–H groups in total. The molecule has 1 aromatic rings. The molecule has 136 valence electrons. The van der Waals surface area contributed by atoms with Crippen LogP contribution in [0.25, 0.3) is 0 Å². The van der Waals surface area contributed by atoms with Gasteiger partial charge in [-0.05, 0) is 61.0 Å². The summed E-state index contributed by atoms with van der Waals surface area (Å²) >= 11 is 0. The smallest absolute Gasteiger partial charge is 0.123 e. The molecule has 0 saturated carbocycles. The Hall–Kier alpha value is -1.24. The highest BCUT2D eigenvalue weighted by Crippen LogP contribution is 2.38. The Bertz CT molecular complexity index is 511. The third-order valence-electron chi connectivity index (χ3n) is 5.57. The lowest BCUT2D eigenvalue weighted by atomic mass is 9.76. The molecule has 0 amide bonds. The minimum Gasteiger partial charge on any atom is -0.493 e. The van der Waals surface area contributed by atoms with Gasteiger partial charge in [0.15, 0.2) is 0 Å². The lowest BCUT2D eigenvalue weighted by molar-refractivity contribution is 0.295. The SMILES string of the molecule is C=CCCCCCOc1ccc(C(C)(C)CC)cc1C(C)(C)CC. The second-order valence-electron chi connectivity index (χ2n) is 8.17. The molecule has 0 spiro atoms. The van der Waals surface area contributed by atoms with Gasteiger partial charge in [0.05, 0.1) is 6.61 Å². The van der Waals surface area contributed by atoms with E-state index in [1.807, 2.05) is 6.08 Å². The molecule has 0 bridgehead atoms. The van der Waals surface area contributed by atoms with Crippen molar-refractivity contribution in [2.75, 3.05) is 6.61 Å². The summed E-state index contributed by atoms with van der Waals surface area (Å²) in [6.07, 6.45) is 8.89. The molecule has 1 heteroatoms. The maximum atomic E-state index is 6.18. The number of benzene rings is 1. The van der Waals surface area contributed by atoms with Gasteiger partial charge >= 0.3 is 0 Å². The van der Waals surface area contributed by atoms with Crippen LogP contribution in [0.2, 0.25) is 0 Å². The van der Waals surface area contributed by atoms with E-state index in [0.29, 0.717) is 0 Å². The average Bonchev–Trinajstić information content (AvgIpc) is 2.57. The summed E-state index contributed by atoms with van der Waals surface area (Å²) in [6, 6.07) is 6.84. The Labute approximate surface area is 150 Å². The summed E-state index contributed by atoms with van der Waals surface area (Å²) in [6.45, 7) is 18.4. The Kier molecular flexibility index (Phi) is 8.06. The van der Waals surface area contributed by atoms with Crippen molar-refractivity contribution in [1.29, 1.82) is 0 Å². The van der Waals surface area contributed by atoms with E-state index in [4.69, 9.17) is 4.74 Å². The van der Waals surface area contributed by atoms with Crippen LogP contribution in [-0.4, -0.2) is 6.61 Å². The van der Waals surface area contributed by atoms with Gasteiger partial charge in [0.2, 0.25) is 0 Å². The van der Waals surface area contributed by atoms with Crippen LogP contribution in [0.4, 0.5) is 0 Å². The minimum atomic E-state index is 0.137. The zero-order chi connectivity index (χ0) is 18.2. The fraction of sp³-hybridized carbons (Fsp3) is 0.652. The van der Waals surface area contributed by atoms with Crippen molar-refractivity contribution in [1.82, 2.24) is 0 Å². The normalized spacial score (nSPS) is 12.2. The molecule has 0 aromatic heterocycles. The third-order valence-corrected chi connectivity index (χ3v) is 5.57. The second-order valence-corrected chi connectivity index (χ2v) is 8.17. The second kappa shape index (κ2) is 9.30. The van der Waals surface area contributed by atoms with Gasteiger partial charge in [-0.15, -0.1) is 6.58 Å². The van der Waals surface area contributed by atoms with E-state index in [9.17, 15) is 0 Å². The van der Waals surface area contributed by atoms with Crippen LogP contribution in [-0.2, 0) is 10.8 Å². The molecule has 24 heavy (non-hydrogen) atoms. The lowest BCUT2D eigenvalue weighted by Gasteiger charge is -2.30.